The third-order valence-corrected chi connectivity index (χ3v) is 12.6. The van der Waals surface area contributed by atoms with Gasteiger partial charge in [-0.25, -0.2) is 0 Å². The first-order chi connectivity index (χ1) is 11.4. The lowest BCUT2D eigenvalue weighted by Crippen LogP contribution is -2.60. The van der Waals surface area contributed by atoms with Crippen molar-refractivity contribution in [2.75, 3.05) is 0 Å². The zero-order chi connectivity index (χ0) is 17.2. The van der Waals surface area contributed by atoms with Gasteiger partial charge in [0.2, 0.25) is 0 Å². The van der Waals surface area contributed by atoms with Gasteiger partial charge in [-0.15, -0.1) is 0 Å². The number of rotatable bonds is 2. The molecular weight excluding hydrogens is 330 g/mol. The minimum Gasteiger partial charge on any atom is -0.344 e. The van der Waals surface area contributed by atoms with Gasteiger partial charge in [-0.3, -0.25) is 0 Å². The van der Waals surface area contributed by atoms with E-state index in [1.54, 1.807) is 10.4 Å². The summed E-state index contributed by atoms with van der Waals surface area (Å²) in [5.74, 6) is 0. The van der Waals surface area contributed by atoms with E-state index in [4.69, 9.17) is 11.6 Å². The molecule has 0 unspecified atom stereocenters. The fourth-order valence-electron chi connectivity index (χ4n) is 5.20. The third-order valence-electron chi connectivity index (χ3n) is 6.02. The molecule has 0 saturated heterocycles. The highest BCUT2D eigenvalue weighted by atomic mass is 35.5. The number of halogens is 1. The smallest absolute Gasteiger partial charge is 0.127 e. The van der Waals surface area contributed by atoms with Crippen LogP contribution < -0.4 is 10.4 Å². The van der Waals surface area contributed by atoms with Crippen LogP contribution in [0.5, 0.6) is 0 Å². The number of fused-ring (bicyclic) bond motifs is 5. The van der Waals surface area contributed by atoms with E-state index >= 15 is 0 Å². The fourth-order valence-corrected chi connectivity index (χ4v) is 11.7. The summed E-state index contributed by atoms with van der Waals surface area (Å²) >= 11 is 6.40. The van der Waals surface area contributed by atoms with Gasteiger partial charge in [0.05, 0.1) is 0 Å². The van der Waals surface area contributed by atoms with Crippen molar-refractivity contribution in [3.63, 3.8) is 0 Å². The maximum Gasteiger partial charge on any atom is 0.127 e. The standard InChI is InChI=1S/C21H24ClNSi/c1-13(2)24(14(3)4)19-9-7-6-8-16(19)20-21(24)17-12-15(22)10-11-18(17)23(20)5/h6-14H,1-5H3. The highest BCUT2D eigenvalue weighted by molar-refractivity contribution is 7.08. The molecule has 0 aliphatic carbocycles. The molecule has 0 amide bonds. The van der Waals surface area contributed by atoms with E-state index < -0.39 is 8.07 Å². The lowest BCUT2D eigenvalue weighted by molar-refractivity contribution is 0.930. The van der Waals surface area contributed by atoms with Gasteiger partial charge in [0.25, 0.3) is 0 Å². The summed E-state index contributed by atoms with van der Waals surface area (Å²) in [6.07, 6.45) is 0. The Labute approximate surface area is 150 Å². The van der Waals surface area contributed by atoms with Crippen LogP contribution in [0.1, 0.15) is 27.7 Å². The molecule has 0 radical (unpaired) electrons. The van der Waals surface area contributed by atoms with Crippen LogP contribution >= 0.6 is 11.6 Å². The maximum atomic E-state index is 6.40. The van der Waals surface area contributed by atoms with E-state index in [-0.39, 0.29) is 0 Å². The topological polar surface area (TPSA) is 4.93 Å². The number of nitrogens with zero attached hydrogens (tertiary/aromatic N) is 1. The Morgan fingerprint density at radius 3 is 2.29 bits per heavy atom. The molecule has 1 nitrogen and oxygen atoms in total. The van der Waals surface area contributed by atoms with Gasteiger partial charge in [0.1, 0.15) is 8.07 Å². The summed E-state index contributed by atoms with van der Waals surface area (Å²) < 4.78 is 2.39. The van der Waals surface area contributed by atoms with E-state index in [1.165, 1.54) is 22.2 Å². The summed E-state index contributed by atoms with van der Waals surface area (Å²) in [7, 11) is 0.331. The van der Waals surface area contributed by atoms with Gasteiger partial charge < -0.3 is 4.57 Å². The Bertz CT molecular complexity index is 944. The summed E-state index contributed by atoms with van der Waals surface area (Å²) in [5, 5.41) is 5.42. The van der Waals surface area contributed by atoms with E-state index in [9.17, 15) is 0 Å². The van der Waals surface area contributed by atoms with Crippen molar-refractivity contribution in [1.29, 1.82) is 0 Å². The van der Waals surface area contributed by atoms with E-state index in [1.807, 2.05) is 6.07 Å². The van der Waals surface area contributed by atoms with Gasteiger partial charge in [0.15, 0.2) is 0 Å². The Morgan fingerprint density at radius 2 is 1.62 bits per heavy atom. The quantitative estimate of drug-likeness (QED) is 0.558. The summed E-state index contributed by atoms with van der Waals surface area (Å²) in [6.45, 7) is 9.67. The molecule has 0 saturated carbocycles. The summed E-state index contributed by atoms with van der Waals surface area (Å²) in [6, 6.07) is 15.5. The Hall–Kier alpha value is -1.51. The van der Waals surface area contributed by atoms with Gasteiger partial charge >= 0.3 is 0 Å². The third kappa shape index (κ3) is 1.76. The fraction of sp³-hybridized carbons (Fsp3) is 0.333. The summed E-state index contributed by atoms with van der Waals surface area (Å²) in [4.78, 5) is 0. The number of hydrogen-bond acceptors (Lipinski definition) is 0. The van der Waals surface area contributed by atoms with E-state index in [0.717, 1.165) is 5.02 Å². The molecule has 3 heteroatoms. The molecule has 3 aromatic rings. The van der Waals surface area contributed by atoms with Crippen LogP contribution in [0.2, 0.25) is 16.1 Å². The van der Waals surface area contributed by atoms with Crippen molar-refractivity contribution in [1.82, 2.24) is 4.57 Å². The summed E-state index contributed by atoms with van der Waals surface area (Å²) in [5.41, 5.74) is 5.46. The molecule has 0 atom stereocenters. The number of hydrogen-bond donors (Lipinski definition) is 0. The molecule has 4 rings (SSSR count). The molecule has 124 valence electrons. The largest absolute Gasteiger partial charge is 0.344 e. The molecular formula is C21H24ClNSi. The van der Waals surface area contributed by atoms with Crippen molar-refractivity contribution in [3.05, 3.63) is 47.5 Å². The lowest BCUT2D eigenvalue weighted by atomic mass is 10.1. The highest BCUT2D eigenvalue weighted by Gasteiger charge is 2.52. The molecule has 0 spiro atoms. The minimum atomic E-state index is -1.87. The Kier molecular flexibility index (Phi) is 3.49. The maximum absolute atomic E-state index is 6.40. The monoisotopic (exact) mass is 353 g/mol. The molecule has 0 fully saturated rings. The zero-order valence-corrected chi connectivity index (χ0v) is 16.8. The first kappa shape index (κ1) is 16.0. The molecule has 0 bridgehead atoms. The van der Waals surface area contributed by atoms with Gasteiger partial charge in [-0.2, -0.15) is 0 Å². The van der Waals surface area contributed by atoms with Crippen molar-refractivity contribution >= 4 is 41.0 Å². The predicted molar refractivity (Wildman–Crippen MR) is 109 cm³/mol. The molecule has 2 heterocycles. The first-order valence-corrected chi connectivity index (χ1v) is 11.3. The van der Waals surface area contributed by atoms with Crippen LogP contribution in [0.4, 0.5) is 0 Å². The zero-order valence-electron chi connectivity index (χ0n) is 15.0. The van der Waals surface area contributed by atoms with Crippen LogP contribution in [0, 0.1) is 0 Å². The average molecular weight is 354 g/mol. The average Bonchev–Trinajstić information content (AvgIpc) is 2.99. The van der Waals surface area contributed by atoms with Gasteiger partial charge in [-0.05, 0) is 45.2 Å². The Balaban J connectivity index is 2.26. The molecule has 1 aliphatic rings. The van der Waals surface area contributed by atoms with Crippen molar-refractivity contribution in [2.24, 2.45) is 7.05 Å². The minimum absolute atomic E-state index is 0.643. The lowest BCUT2D eigenvalue weighted by Gasteiger charge is -2.37. The van der Waals surface area contributed by atoms with Gasteiger partial charge in [-0.1, -0.05) is 63.6 Å². The van der Waals surface area contributed by atoms with E-state index in [2.05, 4.69) is 75.7 Å². The number of benzene rings is 2. The molecule has 1 aliphatic heterocycles. The van der Waals surface area contributed by atoms with Crippen LogP contribution in [-0.2, 0) is 7.05 Å². The van der Waals surface area contributed by atoms with Crippen LogP contribution in [0.25, 0.3) is 22.2 Å². The van der Waals surface area contributed by atoms with Crippen LogP contribution in [0.15, 0.2) is 42.5 Å². The van der Waals surface area contributed by atoms with Gasteiger partial charge in [0, 0.05) is 28.7 Å². The molecule has 2 aromatic carbocycles. The second-order valence-corrected chi connectivity index (χ2v) is 13.2. The van der Waals surface area contributed by atoms with Crippen LogP contribution in [0.3, 0.4) is 0 Å². The molecule has 0 N–H and O–H groups in total. The van der Waals surface area contributed by atoms with E-state index in [0.29, 0.717) is 11.1 Å². The number of aryl methyl sites for hydroxylation is 1. The highest BCUT2D eigenvalue weighted by Crippen LogP contribution is 2.44. The second-order valence-electron chi connectivity index (χ2n) is 7.67. The normalized spacial score (nSPS) is 15.3. The predicted octanol–water partition coefficient (Wildman–Crippen LogP) is 5.20. The van der Waals surface area contributed by atoms with Crippen molar-refractivity contribution in [3.8, 4) is 11.3 Å². The molecule has 24 heavy (non-hydrogen) atoms. The van der Waals surface area contributed by atoms with Crippen LogP contribution in [-0.4, -0.2) is 12.6 Å². The number of aromatic nitrogens is 1. The second kappa shape index (κ2) is 5.24. The van der Waals surface area contributed by atoms with Crippen molar-refractivity contribution in [2.45, 2.75) is 38.8 Å². The Morgan fingerprint density at radius 1 is 0.958 bits per heavy atom. The molecule has 1 aromatic heterocycles. The SMILES string of the molecule is CC(C)[Si]1(C(C)C)c2ccccc2-c2c1c1cc(Cl)ccc1n2C. The van der Waals surface area contributed by atoms with Crippen molar-refractivity contribution < 1.29 is 0 Å². The first-order valence-electron chi connectivity index (χ1n) is 8.79.